The number of benzene rings is 2. The molecule has 2 aromatic carbocycles. The van der Waals surface area contributed by atoms with Gasteiger partial charge in [-0.05, 0) is 48.7 Å². The quantitative estimate of drug-likeness (QED) is 0.518. The smallest absolute Gasteiger partial charge is 0.185 e. The van der Waals surface area contributed by atoms with Gasteiger partial charge in [0.1, 0.15) is 5.75 Å². The normalized spacial score (nSPS) is 10.8. The summed E-state index contributed by atoms with van der Waals surface area (Å²) >= 11 is 1.64. The van der Waals surface area contributed by atoms with Crippen molar-refractivity contribution in [1.82, 2.24) is 0 Å². The molecule has 2 aromatic rings. The molecular formula is C16H14O2S. The summed E-state index contributed by atoms with van der Waals surface area (Å²) in [5.41, 5.74) is 1.28. The molecule has 2 rings (SSSR count). The predicted molar refractivity (Wildman–Crippen MR) is 79.7 cm³/mol. The molecule has 0 saturated heterocycles. The summed E-state index contributed by atoms with van der Waals surface area (Å²) in [5, 5.41) is 9.60. The van der Waals surface area contributed by atoms with Crippen LogP contribution in [-0.4, -0.2) is 17.1 Å². The van der Waals surface area contributed by atoms with Crippen LogP contribution >= 0.6 is 11.8 Å². The van der Waals surface area contributed by atoms with Crippen LogP contribution in [0, 0.1) is 0 Å². The van der Waals surface area contributed by atoms with E-state index in [1.54, 1.807) is 36.0 Å². The van der Waals surface area contributed by atoms with Crippen LogP contribution in [0.3, 0.4) is 0 Å². The topological polar surface area (TPSA) is 37.3 Å². The molecule has 2 nitrogen and oxygen atoms in total. The van der Waals surface area contributed by atoms with Gasteiger partial charge in [0, 0.05) is 16.0 Å². The third-order valence-electron chi connectivity index (χ3n) is 2.73. The van der Waals surface area contributed by atoms with Crippen molar-refractivity contribution in [1.29, 1.82) is 0 Å². The highest BCUT2D eigenvalue weighted by atomic mass is 32.2. The number of carbonyl (C=O) groups is 1. The lowest BCUT2D eigenvalue weighted by atomic mass is 10.1. The number of para-hydroxylation sites is 1. The van der Waals surface area contributed by atoms with Crippen LogP contribution < -0.4 is 0 Å². The van der Waals surface area contributed by atoms with Gasteiger partial charge in [-0.1, -0.05) is 18.2 Å². The predicted octanol–water partition coefficient (Wildman–Crippen LogP) is 4.01. The first-order valence-electron chi connectivity index (χ1n) is 5.85. The maximum atomic E-state index is 12.0. The third-order valence-corrected chi connectivity index (χ3v) is 3.47. The zero-order valence-electron chi connectivity index (χ0n) is 10.5. The van der Waals surface area contributed by atoms with Gasteiger partial charge >= 0.3 is 0 Å². The summed E-state index contributed by atoms with van der Waals surface area (Å²) in [7, 11) is 0. The number of allylic oxidation sites excluding steroid dienone is 1. The van der Waals surface area contributed by atoms with Crippen molar-refractivity contribution >= 4 is 23.6 Å². The summed E-state index contributed by atoms with van der Waals surface area (Å²) in [6.45, 7) is 0. The molecule has 0 spiro atoms. The van der Waals surface area contributed by atoms with Crippen molar-refractivity contribution in [3.05, 3.63) is 65.7 Å². The number of aromatic hydroxyl groups is 1. The number of hydrogen-bond donors (Lipinski definition) is 1. The molecule has 0 aliphatic rings. The van der Waals surface area contributed by atoms with E-state index in [1.165, 1.54) is 6.08 Å². The lowest BCUT2D eigenvalue weighted by molar-refractivity contribution is 0.104. The van der Waals surface area contributed by atoms with E-state index in [0.29, 0.717) is 11.1 Å². The number of hydrogen-bond acceptors (Lipinski definition) is 3. The summed E-state index contributed by atoms with van der Waals surface area (Å²) in [6.07, 6.45) is 5.10. The van der Waals surface area contributed by atoms with Gasteiger partial charge in [0.25, 0.3) is 0 Å². The maximum Gasteiger partial charge on any atom is 0.185 e. The van der Waals surface area contributed by atoms with E-state index < -0.39 is 0 Å². The first-order chi connectivity index (χ1) is 9.20. The van der Waals surface area contributed by atoms with Crippen LogP contribution in [0.25, 0.3) is 6.08 Å². The number of phenolic OH excluding ortho intramolecular Hbond substituents is 1. The SMILES string of the molecule is CSc1ccc(C(=O)C=Cc2ccccc2O)cc1. The minimum Gasteiger partial charge on any atom is -0.507 e. The summed E-state index contributed by atoms with van der Waals surface area (Å²) < 4.78 is 0. The van der Waals surface area contributed by atoms with Crippen molar-refractivity contribution in [2.45, 2.75) is 4.90 Å². The molecule has 0 aromatic heterocycles. The number of phenols is 1. The van der Waals surface area contributed by atoms with Gasteiger partial charge in [0.15, 0.2) is 5.78 Å². The fourth-order valence-corrected chi connectivity index (χ4v) is 2.05. The van der Waals surface area contributed by atoms with E-state index in [4.69, 9.17) is 0 Å². The molecule has 0 radical (unpaired) electrons. The number of ketones is 1. The average Bonchev–Trinajstić information content (AvgIpc) is 2.46. The molecule has 0 aliphatic carbocycles. The molecule has 0 amide bonds. The summed E-state index contributed by atoms with van der Waals surface area (Å²) in [5.74, 6) is 0.0974. The Hall–Kier alpha value is -2.00. The van der Waals surface area contributed by atoms with E-state index in [2.05, 4.69) is 0 Å². The van der Waals surface area contributed by atoms with Crippen LogP contribution in [0.1, 0.15) is 15.9 Å². The van der Waals surface area contributed by atoms with Crippen molar-refractivity contribution in [2.24, 2.45) is 0 Å². The van der Waals surface area contributed by atoms with E-state index in [1.807, 2.05) is 36.6 Å². The standard InChI is InChI=1S/C16H14O2S/c1-19-14-9-6-13(7-10-14)16(18)11-8-12-4-2-3-5-15(12)17/h2-11,17H,1H3. The Balaban J connectivity index is 2.14. The van der Waals surface area contributed by atoms with Gasteiger partial charge in [-0.15, -0.1) is 11.8 Å². The van der Waals surface area contributed by atoms with Gasteiger partial charge < -0.3 is 5.11 Å². The van der Waals surface area contributed by atoms with E-state index in [0.717, 1.165) is 4.90 Å². The molecule has 0 aliphatic heterocycles. The van der Waals surface area contributed by atoms with Gasteiger partial charge in [-0.3, -0.25) is 4.79 Å². The molecule has 0 fully saturated rings. The summed E-state index contributed by atoms with van der Waals surface area (Å²) in [4.78, 5) is 13.1. The van der Waals surface area contributed by atoms with Gasteiger partial charge in [-0.25, -0.2) is 0 Å². The molecule has 1 N–H and O–H groups in total. The lowest BCUT2D eigenvalue weighted by Gasteiger charge is -1.99. The third kappa shape index (κ3) is 3.48. The maximum absolute atomic E-state index is 12.0. The largest absolute Gasteiger partial charge is 0.507 e. The van der Waals surface area contributed by atoms with E-state index in [9.17, 15) is 9.90 Å². The second-order valence-electron chi connectivity index (χ2n) is 3.98. The molecule has 0 heterocycles. The Morgan fingerprint density at radius 1 is 1.11 bits per heavy atom. The monoisotopic (exact) mass is 270 g/mol. The lowest BCUT2D eigenvalue weighted by Crippen LogP contribution is -1.93. The van der Waals surface area contributed by atoms with Gasteiger partial charge in [0.05, 0.1) is 0 Å². The van der Waals surface area contributed by atoms with Crippen LogP contribution in [0.15, 0.2) is 59.5 Å². The van der Waals surface area contributed by atoms with Crippen molar-refractivity contribution in [3.8, 4) is 5.75 Å². The minimum atomic E-state index is -0.0732. The Morgan fingerprint density at radius 2 is 1.79 bits per heavy atom. The Kier molecular flexibility index (Phi) is 4.42. The zero-order valence-corrected chi connectivity index (χ0v) is 11.4. The van der Waals surface area contributed by atoms with E-state index in [-0.39, 0.29) is 11.5 Å². The minimum absolute atomic E-state index is 0.0732. The Morgan fingerprint density at radius 3 is 2.42 bits per heavy atom. The van der Waals surface area contributed by atoms with Crippen LogP contribution in [-0.2, 0) is 0 Å². The first-order valence-corrected chi connectivity index (χ1v) is 7.07. The second-order valence-corrected chi connectivity index (χ2v) is 4.86. The first kappa shape index (κ1) is 13.4. The number of rotatable bonds is 4. The molecule has 0 saturated carbocycles. The summed E-state index contributed by atoms with van der Waals surface area (Å²) in [6, 6.07) is 14.4. The molecule has 19 heavy (non-hydrogen) atoms. The highest BCUT2D eigenvalue weighted by Crippen LogP contribution is 2.18. The molecule has 0 atom stereocenters. The van der Waals surface area contributed by atoms with Crippen LogP contribution in [0.4, 0.5) is 0 Å². The molecule has 0 bridgehead atoms. The van der Waals surface area contributed by atoms with Gasteiger partial charge in [-0.2, -0.15) is 0 Å². The molecule has 96 valence electrons. The highest BCUT2D eigenvalue weighted by Gasteiger charge is 2.02. The fraction of sp³-hybridized carbons (Fsp3) is 0.0625. The second kappa shape index (κ2) is 6.25. The average molecular weight is 270 g/mol. The molecule has 0 unspecified atom stereocenters. The zero-order chi connectivity index (χ0) is 13.7. The van der Waals surface area contributed by atoms with Crippen molar-refractivity contribution in [3.63, 3.8) is 0 Å². The van der Waals surface area contributed by atoms with Crippen molar-refractivity contribution in [2.75, 3.05) is 6.26 Å². The van der Waals surface area contributed by atoms with Crippen LogP contribution in [0.5, 0.6) is 5.75 Å². The number of thioether (sulfide) groups is 1. The fourth-order valence-electron chi connectivity index (χ4n) is 1.65. The van der Waals surface area contributed by atoms with Gasteiger partial charge in [0.2, 0.25) is 0 Å². The van der Waals surface area contributed by atoms with Crippen molar-refractivity contribution < 1.29 is 9.90 Å². The number of carbonyl (C=O) groups excluding carboxylic acids is 1. The Labute approximate surface area is 116 Å². The Bertz CT molecular complexity index is 600. The molecular weight excluding hydrogens is 256 g/mol. The molecule has 3 heteroatoms. The van der Waals surface area contributed by atoms with E-state index >= 15 is 0 Å². The van der Waals surface area contributed by atoms with Crippen LogP contribution in [0.2, 0.25) is 0 Å². The highest BCUT2D eigenvalue weighted by molar-refractivity contribution is 7.98.